The molecule has 0 aliphatic rings. The van der Waals surface area contributed by atoms with Gasteiger partial charge in [0.05, 0.1) is 18.4 Å². The molecule has 0 aliphatic carbocycles. The normalized spacial score (nSPS) is 11.0. The van der Waals surface area contributed by atoms with Crippen LogP contribution in [0.3, 0.4) is 0 Å². The molecule has 0 spiro atoms. The molecule has 0 amide bonds. The number of rotatable bonds is 2. The van der Waals surface area contributed by atoms with Crippen molar-refractivity contribution in [2.24, 2.45) is 0 Å². The molecule has 0 atom stereocenters. The number of hydrogen-bond acceptors (Lipinski definition) is 4. The van der Waals surface area contributed by atoms with E-state index >= 15 is 0 Å². The van der Waals surface area contributed by atoms with E-state index in [1.54, 1.807) is 18.2 Å². The zero-order valence-corrected chi connectivity index (χ0v) is 10.0. The highest BCUT2D eigenvalue weighted by atomic mass is 16.5. The lowest BCUT2D eigenvalue weighted by Gasteiger charge is -2.22. The largest absolute Gasteiger partial charge is 0.486 e. The molecule has 16 heavy (non-hydrogen) atoms. The smallest absolute Gasteiger partial charge is 0.337 e. The number of anilines is 1. The highest BCUT2D eigenvalue weighted by molar-refractivity contribution is 5.90. The molecule has 0 heterocycles. The lowest BCUT2D eigenvalue weighted by molar-refractivity contribution is 0.0600. The Bertz CT molecular complexity index is 394. The van der Waals surface area contributed by atoms with Crippen LogP contribution in [0.2, 0.25) is 0 Å². The summed E-state index contributed by atoms with van der Waals surface area (Å²) < 4.78 is 10.2. The van der Waals surface area contributed by atoms with Crippen molar-refractivity contribution in [2.45, 2.75) is 26.4 Å². The van der Waals surface area contributed by atoms with E-state index in [9.17, 15) is 4.79 Å². The van der Waals surface area contributed by atoms with Crippen LogP contribution in [-0.4, -0.2) is 18.7 Å². The molecule has 0 aliphatic heterocycles. The third kappa shape index (κ3) is 3.15. The Balaban J connectivity index is 2.96. The van der Waals surface area contributed by atoms with Crippen LogP contribution >= 0.6 is 0 Å². The fourth-order valence-electron chi connectivity index (χ4n) is 1.22. The average Bonchev–Trinajstić information content (AvgIpc) is 2.18. The van der Waals surface area contributed by atoms with Gasteiger partial charge in [0.1, 0.15) is 11.4 Å². The Morgan fingerprint density at radius 1 is 1.31 bits per heavy atom. The fraction of sp³-hybridized carbons (Fsp3) is 0.417. The number of nitrogen functional groups attached to an aromatic ring is 1. The zero-order chi connectivity index (χ0) is 12.3. The lowest BCUT2D eigenvalue weighted by atomic mass is 10.1. The maximum absolute atomic E-state index is 11.2. The average molecular weight is 223 g/mol. The summed E-state index contributed by atoms with van der Waals surface area (Å²) in [6.45, 7) is 5.79. The van der Waals surface area contributed by atoms with Crippen LogP contribution in [0, 0.1) is 0 Å². The number of nitrogens with two attached hydrogens (primary N) is 1. The summed E-state index contributed by atoms with van der Waals surface area (Å²) in [5.41, 5.74) is 6.32. The van der Waals surface area contributed by atoms with Gasteiger partial charge in [-0.15, -0.1) is 0 Å². The number of benzene rings is 1. The highest BCUT2D eigenvalue weighted by Gasteiger charge is 2.15. The SMILES string of the molecule is COC(=O)c1ccc(OC(C)(C)C)c(N)c1. The first-order chi connectivity index (χ1) is 7.33. The van der Waals surface area contributed by atoms with E-state index in [1.807, 2.05) is 20.8 Å². The van der Waals surface area contributed by atoms with Crippen LogP contribution in [0.25, 0.3) is 0 Å². The molecule has 0 fully saturated rings. The van der Waals surface area contributed by atoms with E-state index < -0.39 is 5.97 Å². The van der Waals surface area contributed by atoms with Gasteiger partial charge >= 0.3 is 5.97 Å². The Morgan fingerprint density at radius 2 is 1.94 bits per heavy atom. The summed E-state index contributed by atoms with van der Waals surface area (Å²) in [4.78, 5) is 11.2. The monoisotopic (exact) mass is 223 g/mol. The van der Waals surface area contributed by atoms with Gasteiger partial charge in [0.15, 0.2) is 0 Å². The summed E-state index contributed by atoms with van der Waals surface area (Å²) in [6.07, 6.45) is 0. The van der Waals surface area contributed by atoms with Gasteiger partial charge in [0, 0.05) is 0 Å². The summed E-state index contributed by atoms with van der Waals surface area (Å²) in [5, 5.41) is 0. The van der Waals surface area contributed by atoms with E-state index in [4.69, 9.17) is 10.5 Å². The molecular weight excluding hydrogens is 206 g/mol. The summed E-state index contributed by atoms with van der Waals surface area (Å²) in [6, 6.07) is 4.85. The van der Waals surface area contributed by atoms with Crippen LogP contribution in [0.1, 0.15) is 31.1 Å². The standard InChI is InChI=1S/C12H17NO3/c1-12(2,3)16-10-6-5-8(7-9(10)13)11(14)15-4/h5-7H,13H2,1-4H3. The molecule has 1 rings (SSSR count). The van der Waals surface area contributed by atoms with Crippen LogP contribution in [-0.2, 0) is 4.74 Å². The van der Waals surface area contributed by atoms with Crippen molar-refractivity contribution in [3.63, 3.8) is 0 Å². The van der Waals surface area contributed by atoms with Crippen molar-refractivity contribution < 1.29 is 14.3 Å². The second-order valence-electron chi connectivity index (χ2n) is 4.46. The predicted octanol–water partition coefficient (Wildman–Crippen LogP) is 2.23. The molecule has 0 radical (unpaired) electrons. The first kappa shape index (κ1) is 12.4. The second-order valence-corrected chi connectivity index (χ2v) is 4.46. The van der Waals surface area contributed by atoms with Crippen LogP contribution in [0.5, 0.6) is 5.75 Å². The molecule has 0 saturated heterocycles. The van der Waals surface area contributed by atoms with Gasteiger partial charge in [-0.2, -0.15) is 0 Å². The first-order valence-electron chi connectivity index (χ1n) is 5.00. The summed E-state index contributed by atoms with van der Waals surface area (Å²) in [7, 11) is 1.33. The molecule has 88 valence electrons. The molecular formula is C12H17NO3. The van der Waals surface area contributed by atoms with E-state index in [0.29, 0.717) is 17.0 Å². The molecule has 0 saturated carbocycles. The van der Waals surface area contributed by atoms with Crippen LogP contribution in [0.15, 0.2) is 18.2 Å². The lowest BCUT2D eigenvalue weighted by Crippen LogP contribution is -2.23. The van der Waals surface area contributed by atoms with Crippen LogP contribution in [0.4, 0.5) is 5.69 Å². The number of ether oxygens (including phenoxy) is 2. The number of methoxy groups -OCH3 is 1. The molecule has 1 aromatic rings. The van der Waals surface area contributed by atoms with Crippen molar-refractivity contribution >= 4 is 11.7 Å². The van der Waals surface area contributed by atoms with E-state index in [0.717, 1.165) is 0 Å². The van der Waals surface area contributed by atoms with Gasteiger partial charge in [-0.05, 0) is 39.0 Å². The quantitative estimate of drug-likeness (QED) is 0.617. The first-order valence-corrected chi connectivity index (χ1v) is 5.00. The molecule has 0 bridgehead atoms. The Kier molecular flexibility index (Phi) is 3.42. The van der Waals surface area contributed by atoms with Crippen molar-refractivity contribution in [3.05, 3.63) is 23.8 Å². The van der Waals surface area contributed by atoms with Gasteiger partial charge in [-0.25, -0.2) is 4.79 Å². The minimum Gasteiger partial charge on any atom is -0.486 e. The van der Waals surface area contributed by atoms with Gasteiger partial charge in [-0.3, -0.25) is 0 Å². The Hall–Kier alpha value is -1.71. The number of hydrogen-bond donors (Lipinski definition) is 1. The molecule has 1 aromatic carbocycles. The molecule has 2 N–H and O–H groups in total. The number of esters is 1. The van der Waals surface area contributed by atoms with E-state index in [1.165, 1.54) is 7.11 Å². The van der Waals surface area contributed by atoms with Crippen molar-refractivity contribution in [3.8, 4) is 5.75 Å². The van der Waals surface area contributed by atoms with Crippen molar-refractivity contribution in [1.29, 1.82) is 0 Å². The summed E-state index contributed by atoms with van der Waals surface area (Å²) in [5.74, 6) is 0.161. The zero-order valence-electron chi connectivity index (χ0n) is 10.0. The second kappa shape index (κ2) is 4.43. The topological polar surface area (TPSA) is 61.5 Å². The maximum Gasteiger partial charge on any atom is 0.337 e. The summed E-state index contributed by atoms with van der Waals surface area (Å²) >= 11 is 0. The van der Waals surface area contributed by atoms with Gasteiger partial charge in [0.25, 0.3) is 0 Å². The minimum atomic E-state index is -0.408. The fourth-order valence-corrected chi connectivity index (χ4v) is 1.22. The van der Waals surface area contributed by atoms with E-state index in [-0.39, 0.29) is 5.60 Å². The van der Waals surface area contributed by atoms with Crippen LogP contribution < -0.4 is 10.5 Å². The number of carbonyl (C=O) groups excluding carboxylic acids is 1. The molecule has 0 unspecified atom stereocenters. The third-order valence-corrected chi connectivity index (χ3v) is 1.85. The predicted molar refractivity (Wildman–Crippen MR) is 62.6 cm³/mol. The van der Waals surface area contributed by atoms with Gasteiger partial charge < -0.3 is 15.2 Å². The molecule has 0 aromatic heterocycles. The molecule has 4 nitrogen and oxygen atoms in total. The van der Waals surface area contributed by atoms with Crippen molar-refractivity contribution in [1.82, 2.24) is 0 Å². The highest BCUT2D eigenvalue weighted by Crippen LogP contribution is 2.26. The Labute approximate surface area is 95.3 Å². The molecule has 4 heteroatoms. The Morgan fingerprint density at radius 3 is 2.38 bits per heavy atom. The third-order valence-electron chi connectivity index (χ3n) is 1.85. The van der Waals surface area contributed by atoms with E-state index in [2.05, 4.69) is 4.74 Å². The van der Waals surface area contributed by atoms with Gasteiger partial charge in [0.2, 0.25) is 0 Å². The minimum absolute atomic E-state index is 0.319. The van der Waals surface area contributed by atoms with Crippen molar-refractivity contribution in [2.75, 3.05) is 12.8 Å². The van der Waals surface area contributed by atoms with Gasteiger partial charge in [-0.1, -0.05) is 0 Å². The number of carbonyl (C=O) groups is 1. The maximum atomic E-state index is 11.2.